The molecule has 104 valence electrons. The van der Waals surface area contributed by atoms with Gasteiger partial charge in [-0.25, -0.2) is 0 Å². The first-order valence-corrected chi connectivity index (χ1v) is 6.16. The van der Waals surface area contributed by atoms with E-state index in [1.54, 1.807) is 36.4 Å². The Bertz CT molecular complexity index is 565. The lowest BCUT2D eigenvalue weighted by molar-refractivity contribution is -0.119. The van der Waals surface area contributed by atoms with Crippen molar-refractivity contribution >= 4 is 11.6 Å². The number of ether oxygens (including phenoxy) is 1. The van der Waals surface area contributed by atoms with E-state index < -0.39 is 5.91 Å². The molecule has 0 radical (unpaired) electrons. The van der Waals surface area contributed by atoms with E-state index in [0.29, 0.717) is 12.3 Å². The molecule has 0 unspecified atom stereocenters. The quantitative estimate of drug-likeness (QED) is 0.701. The van der Waals surface area contributed by atoms with Gasteiger partial charge in [-0.05, 0) is 42.0 Å². The van der Waals surface area contributed by atoms with Crippen molar-refractivity contribution < 1.29 is 14.6 Å². The van der Waals surface area contributed by atoms with E-state index in [-0.39, 0.29) is 12.4 Å². The van der Waals surface area contributed by atoms with Crippen LogP contribution < -0.4 is 15.8 Å². The van der Waals surface area contributed by atoms with Gasteiger partial charge in [-0.2, -0.15) is 0 Å². The molecule has 0 bridgehead atoms. The summed E-state index contributed by atoms with van der Waals surface area (Å²) in [7, 11) is 0. The fourth-order valence-electron chi connectivity index (χ4n) is 1.64. The minimum Gasteiger partial charge on any atom is -0.508 e. The number of carbonyl (C=O) groups excluding carboxylic acids is 1. The van der Waals surface area contributed by atoms with Crippen molar-refractivity contribution in [3.05, 3.63) is 54.1 Å². The molecule has 0 aliphatic carbocycles. The van der Waals surface area contributed by atoms with Crippen molar-refractivity contribution in [3.63, 3.8) is 0 Å². The number of amides is 1. The molecule has 4 N–H and O–H groups in total. The number of hydrogen-bond acceptors (Lipinski definition) is 4. The van der Waals surface area contributed by atoms with E-state index in [1.807, 2.05) is 12.1 Å². The van der Waals surface area contributed by atoms with Crippen molar-refractivity contribution in [1.82, 2.24) is 0 Å². The molecule has 0 spiro atoms. The summed E-state index contributed by atoms with van der Waals surface area (Å²) in [6, 6.07) is 14.3. The second-order valence-electron chi connectivity index (χ2n) is 4.30. The highest BCUT2D eigenvalue weighted by atomic mass is 16.5. The summed E-state index contributed by atoms with van der Waals surface area (Å²) in [5.41, 5.74) is 7.00. The number of nitrogens with two attached hydrogens (primary N) is 1. The maximum atomic E-state index is 10.6. The van der Waals surface area contributed by atoms with Crippen LogP contribution in [0.3, 0.4) is 0 Å². The Balaban J connectivity index is 1.87. The molecule has 0 saturated carbocycles. The fraction of sp³-hybridized carbons (Fsp3) is 0.133. The molecular formula is C15H16N2O3. The maximum absolute atomic E-state index is 10.6. The Morgan fingerprint density at radius 2 is 1.75 bits per heavy atom. The average Bonchev–Trinajstić information content (AvgIpc) is 2.45. The molecule has 0 aromatic heterocycles. The number of carbonyl (C=O) groups is 1. The van der Waals surface area contributed by atoms with Gasteiger partial charge < -0.3 is 20.9 Å². The third kappa shape index (κ3) is 4.20. The monoisotopic (exact) mass is 272 g/mol. The Labute approximate surface area is 117 Å². The topological polar surface area (TPSA) is 84.6 Å². The van der Waals surface area contributed by atoms with E-state index in [1.165, 1.54) is 0 Å². The average molecular weight is 272 g/mol. The van der Waals surface area contributed by atoms with E-state index in [4.69, 9.17) is 10.5 Å². The van der Waals surface area contributed by atoms with Gasteiger partial charge in [-0.3, -0.25) is 4.79 Å². The van der Waals surface area contributed by atoms with E-state index in [0.717, 1.165) is 11.3 Å². The highest BCUT2D eigenvalue weighted by Crippen LogP contribution is 2.16. The number of nitrogens with one attached hydrogen (secondary N) is 1. The van der Waals surface area contributed by atoms with Crippen LogP contribution in [0.4, 0.5) is 5.69 Å². The molecule has 0 fully saturated rings. The van der Waals surface area contributed by atoms with E-state index in [9.17, 15) is 9.90 Å². The third-order valence-electron chi connectivity index (χ3n) is 2.67. The summed E-state index contributed by atoms with van der Waals surface area (Å²) in [5.74, 6) is 0.353. The Hall–Kier alpha value is -2.69. The van der Waals surface area contributed by atoms with Gasteiger partial charge in [0.15, 0.2) is 6.61 Å². The van der Waals surface area contributed by atoms with Crippen LogP contribution in [0.2, 0.25) is 0 Å². The van der Waals surface area contributed by atoms with Crippen molar-refractivity contribution in [2.24, 2.45) is 5.73 Å². The highest BCUT2D eigenvalue weighted by Gasteiger charge is 1.99. The molecule has 1 amide bonds. The van der Waals surface area contributed by atoms with Gasteiger partial charge in [0.25, 0.3) is 5.91 Å². The minimum absolute atomic E-state index is 0.120. The minimum atomic E-state index is -0.497. The van der Waals surface area contributed by atoms with Crippen LogP contribution in [0, 0.1) is 0 Å². The predicted molar refractivity (Wildman–Crippen MR) is 76.6 cm³/mol. The van der Waals surface area contributed by atoms with Gasteiger partial charge in [0, 0.05) is 12.2 Å². The molecule has 2 rings (SSSR count). The number of rotatable bonds is 6. The predicted octanol–water partition coefficient (Wildman–Crippen LogP) is 1.87. The Morgan fingerprint density at radius 3 is 2.35 bits per heavy atom. The van der Waals surface area contributed by atoms with E-state index >= 15 is 0 Å². The number of aromatic hydroxyl groups is 1. The van der Waals surface area contributed by atoms with Crippen LogP contribution in [-0.4, -0.2) is 17.6 Å². The first-order chi connectivity index (χ1) is 9.63. The van der Waals surface area contributed by atoms with Crippen LogP contribution in [0.1, 0.15) is 5.56 Å². The standard InChI is InChI=1S/C15H16N2O3/c16-15(19)10-20-14-7-1-11(2-8-14)9-17-12-3-5-13(18)6-4-12/h1-8,17-18H,9-10H2,(H2,16,19). The molecule has 5 nitrogen and oxygen atoms in total. The number of phenolic OH excluding ortho intramolecular Hbond substituents is 1. The van der Waals surface area contributed by atoms with Crippen LogP contribution in [0.5, 0.6) is 11.5 Å². The molecule has 5 heteroatoms. The number of benzene rings is 2. The first-order valence-electron chi connectivity index (χ1n) is 6.16. The number of hydrogen-bond donors (Lipinski definition) is 3. The fourth-order valence-corrected chi connectivity index (χ4v) is 1.64. The SMILES string of the molecule is NC(=O)COc1ccc(CNc2ccc(O)cc2)cc1. The molecule has 0 heterocycles. The molecule has 2 aromatic rings. The zero-order valence-electron chi connectivity index (χ0n) is 10.9. The summed E-state index contributed by atoms with van der Waals surface area (Å²) in [6.45, 7) is 0.534. The lowest BCUT2D eigenvalue weighted by atomic mass is 10.2. The zero-order valence-corrected chi connectivity index (χ0v) is 10.9. The molecule has 2 aromatic carbocycles. The summed E-state index contributed by atoms with van der Waals surface area (Å²) in [5, 5.41) is 12.4. The molecular weight excluding hydrogens is 256 g/mol. The molecule has 0 aliphatic rings. The molecule has 0 saturated heterocycles. The second kappa shape index (κ2) is 6.47. The van der Waals surface area contributed by atoms with Gasteiger partial charge in [0.2, 0.25) is 0 Å². The van der Waals surface area contributed by atoms with E-state index in [2.05, 4.69) is 5.32 Å². The number of phenols is 1. The van der Waals surface area contributed by atoms with Crippen molar-refractivity contribution in [2.45, 2.75) is 6.54 Å². The lowest BCUT2D eigenvalue weighted by Crippen LogP contribution is -2.19. The first kappa shape index (κ1) is 13.7. The van der Waals surface area contributed by atoms with Gasteiger partial charge in [-0.15, -0.1) is 0 Å². The number of primary amides is 1. The smallest absolute Gasteiger partial charge is 0.255 e. The largest absolute Gasteiger partial charge is 0.508 e. The summed E-state index contributed by atoms with van der Waals surface area (Å²) in [4.78, 5) is 10.6. The molecule has 20 heavy (non-hydrogen) atoms. The normalized spacial score (nSPS) is 10.0. The van der Waals surface area contributed by atoms with Crippen LogP contribution >= 0.6 is 0 Å². The van der Waals surface area contributed by atoms with Crippen molar-refractivity contribution in [2.75, 3.05) is 11.9 Å². The Kier molecular flexibility index (Phi) is 4.44. The van der Waals surface area contributed by atoms with Gasteiger partial charge in [-0.1, -0.05) is 12.1 Å². The van der Waals surface area contributed by atoms with Crippen LogP contribution in [0.25, 0.3) is 0 Å². The number of anilines is 1. The molecule has 0 atom stereocenters. The third-order valence-corrected chi connectivity index (χ3v) is 2.67. The summed E-state index contributed by atoms with van der Waals surface area (Å²) in [6.07, 6.45) is 0. The highest BCUT2D eigenvalue weighted by molar-refractivity contribution is 5.75. The van der Waals surface area contributed by atoms with Crippen LogP contribution in [0.15, 0.2) is 48.5 Å². The van der Waals surface area contributed by atoms with Crippen molar-refractivity contribution in [1.29, 1.82) is 0 Å². The van der Waals surface area contributed by atoms with Crippen LogP contribution in [-0.2, 0) is 11.3 Å². The summed E-state index contributed by atoms with van der Waals surface area (Å²) < 4.78 is 5.18. The Morgan fingerprint density at radius 1 is 1.10 bits per heavy atom. The van der Waals surface area contributed by atoms with Gasteiger partial charge in [0.05, 0.1) is 0 Å². The molecule has 0 aliphatic heterocycles. The summed E-state index contributed by atoms with van der Waals surface area (Å²) >= 11 is 0. The second-order valence-corrected chi connectivity index (χ2v) is 4.30. The van der Waals surface area contributed by atoms with Gasteiger partial charge >= 0.3 is 0 Å². The van der Waals surface area contributed by atoms with Crippen molar-refractivity contribution in [3.8, 4) is 11.5 Å². The zero-order chi connectivity index (χ0) is 14.4. The lowest BCUT2D eigenvalue weighted by Gasteiger charge is -2.08. The maximum Gasteiger partial charge on any atom is 0.255 e. The van der Waals surface area contributed by atoms with Gasteiger partial charge in [0.1, 0.15) is 11.5 Å².